The summed E-state index contributed by atoms with van der Waals surface area (Å²) in [6.07, 6.45) is 2.01. The zero-order valence-corrected chi connectivity index (χ0v) is 12.2. The summed E-state index contributed by atoms with van der Waals surface area (Å²) in [4.78, 5) is 16.1. The molecule has 7 nitrogen and oxygen atoms in total. The maximum Gasteiger partial charge on any atom is 0.240 e. The van der Waals surface area contributed by atoms with E-state index in [9.17, 15) is 4.79 Å². The minimum Gasteiger partial charge on any atom is -0.493 e. The van der Waals surface area contributed by atoms with Crippen molar-refractivity contribution in [3.8, 4) is 17.9 Å². The number of fused-ring (bicyclic) bond motifs is 1. The van der Waals surface area contributed by atoms with Crippen LogP contribution in [0.4, 0.5) is 0 Å². The SMILES string of the molecule is N#Cc1ncn(CC(=O)N[C@H]2CCOc3ccccc32)c1C#N. The summed E-state index contributed by atoms with van der Waals surface area (Å²) in [5.41, 5.74) is 1.06. The van der Waals surface area contributed by atoms with E-state index in [1.54, 1.807) is 0 Å². The topological polar surface area (TPSA) is 104 Å². The van der Waals surface area contributed by atoms with Crippen LogP contribution in [0, 0.1) is 22.7 Å². The third kappa shape index (κ3) is 2.85. The fraction of sp³-hybridized carbons (Fsp3) is 0.250. The van der Waals surface area contributed by atoms with Gasteiger partial charge in [-0.15, -0.1) is 0 Å². The minimum absolute atomic E-state index is 0.0247. The van der Waals surface area contributed by atoms with Gasteiger partial charge < -0.3 is 14.6 Å². The Bertz CT molecular complexity index is 828. The van der Waals surface area contributed by atoms with E-state index in [1.807, 2.05) is 36.4 Å². The maximum atomic E-state index is 12.3. The molecule has 0 saturated carbocycles. The van der Waals surface area contributed by atoms with Gasteiger partial charge in [-0.2, -0.15) is 10.5 Å². The van der Waals surface area contributed by atoms with Crippen LogP contribution in [-0.2, 0) is 11.3 Å². The minimum atomic E-state index is -0.245. The Balaban J connectivity index is 1.73. The Hall–Kier alpha value is -3.32. The van der Waals surface area contributed by atoms with E-state index in [1.165, 1.54) is 10.9 Å². The molecule has 1 atom stereocenters. The zero-order valence-electron chi connectivity index (χ0n) is 12.2. The van der Waals surface area contributed by atoms with Crippen LogP contribution >= 0.6 is 0 Å². The number of amides is 1. The summed E-state index contributed by atoms with van der Waals surface area (Å²) >= 11 is 0. The lowest BCUT2D eigenvalue weighted by Gasteiger charge is -2.26. The van der Waals surface area contributed by atoms with Crippen LogP contribution in [0.25, 0.3) is 0 Å². The molecule has 0 spiro atoms. The normalized spacial score (nSPS) is 15.7. The van der Waals surface area contributed by atoms with Gasteiger partial charge in [-0.1, -0.05) is 18.2 Å². The molecule has 23 heavy (non-hydrogen) atoms. The lowest BCUT2D eigenvalue weighted by atomic mass is 10.0. The molecule has 0 unspecified atom stereocenters. The number of carbonyl (C=O) groups is 1. The third-order valence-corrected chi connectivity index (χ3v) is 3.66. The molecule has 7 heteroatoms. The molecule has 2 heterocycles. The number of benzene rings is 1. The van der Waals surface area contributed by atoms with Gasteiger partial charge in [0.15, 0.2) is 11.4 Å². The average Bonchev–Trinajstić information content (AvgIpc) is 2.96. The molecule has 1 aromatic carbocycles. The summed E-state index contributed by atoms with van der Waals surface area (Å²) in [7, 11) is 0. The van der Waals surface area contributed by atoms with Gasteiger partial charge in [0, 0.05) is 12.0 Å². The van der Waals surface area contributed by atoms with Crippen LogP contribution < -0.4 is 10.1 Å². The summed E-state index contributed by atoms with van der Waals surface area (Å²) < 4.78 is 6.94. The highest BCUT2D eigenvalue weighted by atomic mass is 16.5. The lowest BCUT2D eigenvalue weighted by molar-refractivity contribution is -0.122. The number of para-hydroxylation sites is 1. The molecule has 0 fully saturated rings. The molecule has 1 aromatic heterocycles. The quantitative estimate of drug-likeness (QED) is 0.919. The van der Waals surface area contributed by atoms with Crippen LogP contribution in [0.2, 0.25) is 0 Å². The fourth-order valence-corrected chi connectivity index (χ4v) is 2.59. The molecule has 1 N–H and O–H groups in total. The number of imidazole rings is 1. The molecule has 3 rings (SSSR count). The second-order valence-electron chi connectivity index (χ2n) is 5.09. The van der Waals surface area contributed by atoms with Crippen molar-refractivity contribution in [3.05, 3.63) is 47.5 Å². The fourth-order valence-electron chi connectivity index (χ4n) is 2.59. The summed E-state index contributed by atoms with van der Waals surface area (Å²) in [5, 5.41) is 20.9. The summed E-state index contributed by atoms with van der Waals surface area (Å²) in [6.45, 7) is 0.478. The van der Waals surface area contributed by atoms with Crippen molar-refractivity contribution < 1.29 is 9.53 Å². The monoisotopic (exact) mass is 307 g/mol. The molecule has 1 amide bonds. The van der Waals surface area contributed by atoms with E-state index in [0.29, 0.717) is 13.0 Å². The number of nitriles is 2. The lowest BCUT2D eigenvalue weighted by Crippen LogP contribution is -2.34. The van der Waals surface area contributed by atoms with Crippen LogP contribution in [0.15, 0.2) is 30.6 Å². The number of hydrogen-bond donors (Lipinski definition) is 1. The predicted octanol–water partition coefficient (Wildman–Crippen LogP) is 1.27. The van der Waals surface area contributed by atoms with E-state index < -0.39 is 0 Å². The predicted molar refractivity (Wildman–Crippen MR) is 79.1 cm³/mol. The molecule has 2 aromatic rings. The smallest absolute Gasteiger partial charge is 0.240 e. The van der Waals surface area contributed by atoms with E-state index in [2.05, 4.69) is 10.3 Å². The first-order valence-electron chi connectivity index (χ1n) is 7.09. The highest BCUT2D eigenvalue weighted by Crippen LogP contribution is 2.31. The van der Waals surface area contributed by atoms with Gasteiger partial charge >= 0.3 is 0 Å². The van der Waals surface area contributed by atoms with Gasteiger partial charge in [0.05, 0.1) is 19.0 Å². The van der Waals surface area contributed by atoms with E-state index in [4.69, 9.17) is 15.3 Å². The molecular weight excluding hydrogens is 294 g/mol. The van der Waals surface area contributed by atoms with E-state index in [-0.39, 0.29) is 29.9 Å². The Morgan fingerprint density at radius 3 is 3.00 bits per heavy atom. The number of rotatable bonds is 3. The highest BCUT2D eigenvalue weighted by molar-refractivity contribution is 5.76. The van der Waals surface area contributed by atoms with Gasteiger partial charge in [0.25, 0.3) is 0 Å². The molecular formula is C16H13N5O2. The van der Waals surface area contributed by atoms with Crippen molar-refractivity contribution in [2.24, 2.45) is 0 Å². The summed E-state index contributed by atoms with van der Waals surface area (Å²) in [6, 6.07) is 11.2. The van der Waals surface area contributed by atoms with Crippen molar-refractivity contribution in [2.45, 2.75) is 19.0 Å². The average molecular weight is 307 g/mol. The molecule has 1 aliphatic rings. The summed E-state index contributed by atoms with van der Waals surface area (Å²) in [5.74, 6) is 0.529. The van der Waals surface area contributed by atoms with Crippen LogP contribution in [-0.4, -0.2) is 22.1 Å². The van der Waals surface area contributed by atoms with Gasteiger partial charge in [-0.25, -0.2) is 4.98 Å². The second kappa shape index (κ2) is 6.20. The van der Waals surface area contributed by atoms with Crippen molar-refractivity contribution >= 4 is 5.91 Å². The van der Waals surface area contributed by atoms with Crippen molar-refractivity contribution in [1.29, 1.82) is 10.5 Å². The first-order chi connectivity index (χ1) is 11.2. The van der Waals surface area contributed by atoms with Gasteiger partial charge in [0.1, 0.15) is 24.4 Å². The number of hydrogen-bond acceptors (Lipinski definition) is 5. The van der Waals surface area contributed by atoms with Crippen LogP contribution in [0.5, 0.6) is 5.75 Å². The molecule has 0 aliphatic carbocycles. The number of ether oxygens (including phenoxy) is 1. The Kier molecular flexibility index (Phi) is 3.94. The third-order valence-electron chi connectivity index (χ3n) is 3.66. The van der Waals surface area contributed by atoms with Crippen LogP contribution in [0.3, 0.4) is 0 Å². The molecule has 0 bridgehead atoms. The van der Waals surface area contributed by atoms with Crippen molar-refractivity contribution in [1.82, 2.24) is 14.9 Å². The first kappa shape index (κ1) is 14.6. The first-order valence-corrected chi connectivity index (χ1v) is 7.09. The molecule has 114 valence electrons. The maximum absolute atomic E-state index is 12.3. The number of aromatic nitrogens is 2. The molecule has 1 aliphatic heterocycles. The number of nitrogens with one attached hydrogen (secondary N) is 1. The van der Waals surface area contributed by atoms with Crippen molar-refractivity contribution in [3.63, 3.8) is 0 Å². The standard InChI is InChI=1S/C16H13N5O2/c17-7-13-14(8-18)21(10-19-13)9-16(22)20-12-5-6-23-15-4-2-1-3-11(12)15/h1-4,10,12H,5-6,9H2,(H,20,22)/t12-/m0/s1. The van der Waals surface area contributed by atoms with E-state index >= 15 is 0 Å². The van der Waals surface area contributed by atoms with Gasteiger partial charge in [-0.05, 0) is 6.07 Å². The van der Waals surface area contributed by atoms with Gasteiger partial charge in [-0.3, -0.25) is 4.79 Å². The number of carbonyl (C=O) groups excluding carboxylic acids is 1. The molecule has 0 saturated heterocycles. The molecule has 0 radical (unpaired) electrons. The Morgan fingerprint density at radius 1 is 1.39 bits per heavy atom. The van der Waals surface area contributed by atoms with Crippen molar-refractivity contribution in [2.75, 3.05) is 6.61 Å². The highest BCUT2D eigenvalue weighted by Gasteiger charge is 2.23. The number of nitrogens with zero attached hydrogens (tertiary/aromatic N) is 4. The Labute approximate surface area is 132 Å². The zero-order chi connectivity index (χ0) is 16.2. The second-order valence-corrected chi connectivity index (χ2v) is 5.09. The van der Waals surface area contributed by atoms with E-state index in [0.717, 1.165) is 11.3 Å². The Morgan fingerprint density at radius 2 is 2.22 bits per heavy atom. The van der Waals surface area contributed by atoms with Crippen LogP contribution in [0.1, 0.15) is 29.4 Å². The largest absolute Gasteiger partial charge is 0.493 e. The van der Waals surface area contributed by atoms with Gasteiger partial charge in [0.2, 0.25) is 5.91 Å².